The first-order valence-corrected chi connectivity index (χ1v) is 5.84. The lowest BCUT2D eigenvalue weighted by Crippen LogP contribution is -2.47. The predicted molar refractivity (Wildman–Crippen MR) is 63.2 cm³/mol. The normalized spacial score (nSPS) is 27.6. The fourth-order valence-corrected chi connectivity index (χ4v) is 2.04. The minimum Gasteiger partial charge on any atom is -0.391 e. The lowest BCUT2D eigenvalue weighted by atomic mass is 10.0. The Labute approximate surface area is 96.4 Å². The molecule has 1 heterocycles. The molecule has 0 aromatic heterocycles. The van der Waals surface area contributed by atoms with Crippen LogP contribution in [0.5, 0.6) is 0 Å². The Morgan fingerprint density at radius 3 is 2.81 bits per heavy atom. The van der Waals surface area contributed by atoms with Crippen LogP contribution in [0, 0.1) is 0 Å². The predicted octanol–water partition coefficient (Wildman–Crippen LogP) is 1.49. The Morgan fingerprint density at radius 1 is 1.38 bits per heavy atom. The fourth-order valence-electron chi connectivity index (χ4n) is 2.04. The van der Waals surface area contributed by atoms with Gasteiger partial charge in [0.1, 0.15) is 0 Å². The Morgan fingerprint density at radius 2 is 2.12 bits per heavy atom. The van der Waals surface area contributed by atoms with E-state index in [0.29, 0.717) is 13.2 Å². The van der Waals surface area contributed by atoms with E-state index in [1.165, 1.54) is 5.56 Å². The molecule has 0 aliphatic carbocycles. The number of nitrogens with one attached hydrogen (secondary N) is 1. The van der Waals surface area contributed by atoms with E-state index < -0.39 is 0 Å². The van der Waals surface area contributed by atoms with E-state index in [0.717, 1.165) is 6.42 Å². The van der Waals surface area contributed by atoms with Gasteiger partial charge >= 0.3 is 0 Å². The smallest absolute Gasteiger partial charge is 0.0737 e. The molecule has 2 rings (SSSR count). The maximum absolute atomic E-state index is 9.82. The molecule has 1 aromatic carbocycles. The van der Waals surface area contributed by atoms with Crippen LogP contribution in [0.1, 0.15) is 24.9 Å². The van der Waals surface area contributed by atoms with Crippen molar-refractivity contribution in [2.24, 2.45) is 0 Å². The number of aliphatic hydroxyl groups excluding tert-OH is 1. The molecule has 88 valence electrons. The zero-order chi connectivity index (χ0) is 11.4. The first-order valence-electron chi connectivity index (χ1n) is 5.84. The third kappa shape index (κ3) is 2.82. The summed E-state index contributed by atoms with van der Waals surface area (Å²) < 4.78 is 5.37. The van der Waals surface area contributed by atoms with Crippen molar-refractivity contribution in [1.29, 1.82) is 0 Å². The van der Waals surface area contributed by atoms with Crippen LogP contribution in [0.15, 0.2) is 30.3 Å². The molecule has 0 bridgehead atoms. The summed E-state index contributed by atoms with van der Waals surface area (Å²) >= 11 is 0. The molecule has 2 N–H and O–H groups in total. The van der Waals surface area contributed by atoms with E-state index in [-0.39, 0.29) is 18.2 Å². The Kier molecular flexibility index (Phi) is 3.93. The first kappa shape index (κ1) is 11.6. The van der Waals surface area contributed by atoms with Gasteiger partial charge in [-0.1, -0.05) is 30.3 Å². The van der Waals surface area contributed by atoms with Gasteiger partial charge < -0.3 is 15.2 Å². The molecule has 3 atom stereocenters. The van der Waals surface area contributed by atoms with Gasteiger partial charge in [0.2, 0.25) is 0 Å². The zero-order valence-corrected chi connectivity index (χ0v) is 9.60. The van der Waals surface area contributed by atoms with Crippen LogP contribution in [0.3, 0.4) is 0 Å². The van der Waals surface area contributed by atoms with E-state index in [1.807, 2.05) is 18.2 Å². The van der Waals surface area contributed by atoms with Crippen molar-refractivity contribution in [2.75, 3.05) is 13.2 Å². The van der Waals surface area contributed by atoms with Gasteiger partial charge in [-0.2, -0.15) is 0 Å². The molecule has 0 radical (unpaired) electrons. The van der Waals surface area contributed by atoms with Crippen molar-refractivity contribution in [3.63, 3.8) is 0 Å². The number of hydrogen-bond donors (Lipinski definition) is 2. The standard InChI is InChI=1S/C13H19NO2/c1-10(11-5-3-2-4-6-11)14-12-9-16-8-7-13(12)15/h2-6,10,12-15H,7-9H2,1H3/t10-,12-,13-/m0/s1. The highest BCUT2D eigenvalue weighted by atomic mass is 16.5. The summed E-state index contributed by atoms with van der Waals surface area (Å²) in [6, 6.07) is 10.5. The fraction of sp³-hybridized carbons (Fsp3) is 0.538. The van der Waals surface area contributed by atoms with E-state index in [4.69, 9.17) is 4.74 Å². The first-order chi connectivity index (χ1) is 7.77. The third-order valence-electron chi connectivity index (χ3n) is 3.08. The van der Waals surface area contributed by atoms with Gasteiger partial charge in [0.05, 0.1) is 18.8 Å². The van der Waals surface area contributed by atoms with Gasteiger partial charge in [0, 0.05) is 12.6 Å². The van der Waals surface area contributed by atoms with Gasteiger partial charge in [-0.3, -0.25) is 0 Å². The lowest BCUT2D eigenvalue weighted by molar-refractivity contribution is -0.0185. The molecular weight excluding hydrogens is 202 g/mol. The van der Waals surface area contributed by atoms with Crippen LogP contribution in [-0.4, -0.2) is 30.5 Å². The molecule has 1 aliphatic heterocycles. The van der Waals surface area contributed by atoms with Crippen molar-refractivity contribution in [3.05, 3.63) is 35.9 Å². The topological polar surface area (TPSA) is 41.5 Å². The summed E-state index contributed by atoms with van der Waals surface area (Å²) in [5.41, 5.74) is 1.24. The second-order valence-corrected chi connectivity index (χ2v) is 4.34. The summed E-state index contributed by atoms with van der Waals surface area (Å²) in [5.74, 6) is 0. The largest absolute Gasteiger partial charge is 0.391 e. The van der Waals surface area contributed by atoms with Crippen molar-refractivity contribution in [2.45, 2.75) is 31.5 Å². The second-order valence-electron chi connectivity index (χ2n) is 4.34. The van der Waals surface area contributed by atoms with Gasteiger partial charge in [-0.25, -0.2) is 0 Å². The van der Waals surface area contributed by atoms with Crippen LogP contribution in [0.4, 0.5) is 0 Å². The Balaban J connectivity index is 1.94. The molecule has 0 saturated carbocycles. The zero-order valence-electron chi connectivity index (χ0n) is 9.60. The molecule has 0 spiro atoms. The molecule has 0 unspecified atom stereocenters. The highest BCUT2D eigenvalue weighted by Crippen LogP contribution is 2.15. The SMILES string of the molecule is C[C@H](N[C@H]1COCC[C@@H]1O)c1ccccc1. The molecule has 1 aliphatic rings. The molecule has 3 heteroatoms. The average Bonchev–Trinajstić information content (AvgIpc) is 2.33. The van der Waals surface area contributed by atoms with Gasteiger partial charge in [0.25, 0.3) is 0 Å². The molecule has 1 fully saturated rings. The quantitative estimate of drug-likeness (QED) is 0.812. The second kappa shape index (κ2) is 5.43. The van der Waals surface area contributed by atoms with Gasteiger partial charge in [-0.05, 0) is 18.9 Å². The minimum absolute atomic E-state index is 0.0453. The molecule has 1 aromatic rings. The number of rotatable bonds is 3. The van der Waals surface area contributed by atoms with E-state index >= 15 is 0 Å². The molecule has 0 amide bonds. The van der Waals surface area contributed by atoms with Gasteiger partial charge in [-0.15, -0.1) is 0 Å². The summed E-state index contributed by atoms with van der Waals surface area (Å²) in [5, 5.41) is 13.2. The Hall–Kier alpha value is -0.900. The number of aliphatic hydroxyl groups is 1. The van der Waals surface area contributed by atoms with Crippen molar-refractivity contribution >= 4 is 0 Å². The molecule has 16 heavy (non-hydrogen) atoms. The number of hydrogen-bond acceptors (Lipinski definition) is 3. The van der Waals surface area contributed by atoms with Crippen molar-refractivity contribution in [3.8, 4) is 0 Å². The van der Waals surface area contributed by atoms with Crippen molar-refractivity contribution in [1.82, 2.24) is 5.32 Å². The maximum atomic E-state index is 9.82. The third-order valence-corrected chi connectivity index (χ3v) is 3.08. The Bertz CT molecular complexity index is 315. The van der Waals surface area contributed by atoms with E-state index in [1.54, 1.807) is 0 Å². The summed E-state index contributed by atoms with van der Waals surface area (Å²) in [4.78, 5) is 0. The van der Waals surface area contributed by atoms with Crippen LogP contribution < -0.4 is 5.32 Å². The van der Waals surface area contributed by atoms with E-state index in [2.05, 4.69) is 24.4 Å². The average molecular weight is 221 g/mol. The maximum Gasteiger partial charge on any atom is 0.0737 e. The van der Waals surface area contributed by atoms with Crippen LogP contribution in [0.2, 0.25) is 0 Å². The van der Waals surface area contributed by atoms with Crippen LogP contribution in [0.25, 0.3) is 0 Å². The summed E-state index contributed by atoms with van der Waals surface area (Å²) in [7, 11) is 0. The highest BCUT2D eigenvalue weighted by molar-refractivity contribution is 5.18. The van der Waals surface area contributed by atoms with Crippen LogP contribution >= 0.6 is 0 Å². The van der Waals surface area contributed by atoms with E-state index in [9.17, 15) is 5.11 Å². The van der Waals surface area contributed by atoms with Crippen molar-refractivity contribution < 1.29 is 9.84 Å². The summed E-state index contributed by atoms with van der Waals surface area (Å²) in [6.45, 7) is 3.37. The lowest BCUT2D eigenvalue weighted by Gasteiger charge is -2.31. The number of ether oxygens (including phenoxy) is 1. The van der Waals surface area contributed by atoms with Crippen LogP contribution in [-0.2, 0) is 4.74 Å². The molecule has 3 nitrogen and oxygen atoms in total. The minimum atomic E-state index is -0.292. The number of benzene rings is 1. The summed E-state index contributed by atoms with van der Waals surface area (Å²) in [6.07, 6.45) is 0.430. The molecular formula is C13H19NO2. The highest BCUT2D eigenvalue weighted by Gasteiger charge is 2.24. The monoisotopic (exact) mass is 221 g/mol. The van der Waals surface area contributed by atoms with Gasteiger partial charge in [0.15, 0.2) is 0 Å². The molecule has 1 saturated heterocycles.